The minimum Gasteiger partial charge on any atom is -0.493 e. The van der Waals surface area contributed by atoms with Crippen LogP contribution in [0.2, 0.25) is 5.02 Å². The maximum Gasteiger partial charge on any atom is 0.349 e. The van der Waals surface area contributed by atoms with E-state index in [1.165, 1.54) is 13.3 Å². The van der Waals surface area contributed by atoms with Crippen molar-refractivity contribution < 1.29 is 9.47 Å². The van der Waals surface area contributed by atoms with Crippen molar-refractivity contribution in [2.45, 2.75) is 6.61 Å². The van der Waals surface area contributed by atoms with Gasteiger partial charge in [-0.15, -0.1) is 4.68 Å². The number of halogens is 2. The van der Waals surface area contributed by atoms with Crippen LogP contribution in [0.5, 0.6) is 11.5 Å². The molecule has 0 fully saturated rings. The number of hydrogen-bond acceptors (Lipinski definition) is 5. The number of hydrogen-bond donors (Lipinski definition) is 1. The highest BCUT2D eigenvalue weighted by Crippen LogP contribution is 2.37. The molecule has 0 bridgehead atoms. The average Bonchev–Trinajstić information content (AvgIpc) is 2.79. The third kappa shape index (κ3) is 4.46. The zero-order chi connectivity index (χ0) is 22.7. The number of methoxy groups -OCH3 is 1. The van der Waals surface area contributed by atoms with Crippen molar-refractivity contribution in [2.75, 3.05) is 7.11 Å². The molecule has 32 heavy (non-hydrogen) atoms. The first kappa shape index (κ1) is 21.9. The molecule has 1 N–H and O–H groups in total. The van der Waals surface area contributed by atoms with Gasteiger partial charge in [0, 0.05) is 10.6 Å². The van der Waals surface area contributed by atoms with Crippen molar-refractivity contribution in [2.24, 2.45) is 5.10 Å². The highest BCUT2D eigenvalue weighted by molar-refractivity contribution is 9.10. The Morgan fingerprint density at radius 1 is 1.12 bits per heavy atom. The quantitative estimate of drug-likeness (QED) is 0.382. The number of aromatic amines is 1. The van der Waals surface area contributed by atoms with Crippen LogP contribution in [0.1, 0.15) is 11.1 Å². The van der Waals surface area contributed by atoms with Crippen molar-refractivity contribution in [1.82, 2.24) is 9.66 Å². The summed E-state index contributed by atoms with van der Waals surface area (Å²) in [6.07, 6.45) is 1.40. The van der Waals surface area contributed by atoms with E-state index in [1.54, 1.807) is 42.5 Å². The van der Waals surface area contributed by atoms with E-state index in [4.69, 9.17) is 21.1 Å². The molecule has 4 rings (SSSR count). The van der Waals surface area contributed by atoms with Crippen LogP contribution in [0.4, 0.5) is 0 Å². The number of H-pyrrole nitrogens is 1. The van der Waals surface area contributed by atoms with E-state index >= 15 is 0 Å². The molecule has 1 aromatic heterocycles. The van der Waals surface area contributed by atoms with Crippen molar-refractivity contribution in [3.05, 3.63) is 102 Å². The molecule has 4 aromatic rings. The van der Waals surface area contributed by atoms with Gasteiger partial charge in [-0.25, -0.2) is 4.79 Å². The standard InChI is InChI=1S/C23H17BrClN3O4/c1-31-20-11-14(10-17(24)21(20)32-13-15-6-2-4-8-18(15)25)12-26-28-22(29)16-7-3-5-9-19(16)27-23(28)30/h2-12H,13H2,1H3,(H,27,30). The molecule has 3 aromatic carbocycles. The lowest BCUT2D eigenvalue weighted by atomic mass is 10.2. The predicted molar refractivity (Wildman–Crippen MR) is 128 cm³/mol. The predicted octanol–water partition coefficient (Wildman–Crippen LogP) is 4.58. The Labute approximate surface area is 196 Å². The Balaban J connectivity index is 1.64. The summed E-state index contributed by atoms with van der Waals surface area (Å²) in [4.78, 5) is 27.6. The average molecular weight is 515 g/mol. The number of benzene rings is 3. The fourth-order valence-electron chi connectivity index (χ4n) is 3.10. The van der Waals surface area contributed by atoms with E-state index in [0.717, 1.165) is 10.2 Å². The van der Waals surface area contributed by atoms with Crippen LogP contribution >= 0.6 is 27.5 Å². The van der Waals surface area contributed by atoms with Gasteiger partial charge in [0.2, 0.25) is 0 Å². The van der Waals surface area contributed by atoms with E-state index in [9.17, 15) is 9.59 Å². The molecule has 9 heteroatoms. The van der Waals surface area contributed by atoms with Crippen molar-refractivity contribution in [3.63, 3.8) is 0 Å². The molecule has 0 aliphatic heterocycles. The van der Waals surface area contributed by atoms with Gasteiger partial charge in [0.25, 0.3) is 5.56 Å². The van der Waals surface area contributed by atoms with Gasteiger partial charge in [-0.3, -0.25) is 4.79 Å². The van der Waals surface area contributed by atoms with Crippen molar-refractivity contribution >= 4 is 44.6 Å². The molecule has 0 radical (unpaired) electrons. The summed E-state index contributed by atoms with van der Waals surface area (Å²) in [6, 6.07) is 17.6. The SMILES string of the molecule is COc1cc(C=Nn2c(=O)[nH]c3ccccc3c2=O)cc(Br)c1OCc1ccccc1Cl. The van der Waals surface area contributed by atoms with Crippen molar-refractivity contribution in [1.29, 1.82) is 0 Å². The number of fused-ring (bicyclic) bond motifs is 1. The van der Waals surface area contributed by atoms with Crippen LogP contribution in [-0.4, -0.2) is 23.0 Å². The van der Waals surface area contributed by atoms with E-state index in [0.29, 0.717) is 37.5 Å². The topological polar surface area (TPSA) is 85.7 Å². The third-order valence-corrected chi connectivity index (χ3v) is 5.65. The molecule has 0 aliphatic rings. The highest BCUT2D eigenvalue weighted by Gasteiger charge is 2.13. The van der Waals surface area contributed by atoms with Crippen LogP contribution in [0, 0.1) is 0 Å². The van der Waals surface area contributed by atoms with Gasteiger partial charge in [-0.1, -0.05) is 41.9 Å². The minimum atomic E-state index is -0.629. The van der Waals surface area contributed by atoms with Crippen LogP contribution in [0.15, 0.2) is 79.8 Å². The lowest BCUT2D eigenvalue weighted by molar-refractivity contribution is 0.282. The summed E-state index contributed by atoms with van der Waals surface area (Å²) < 4.78 is 12.8. The first-order valence-corrected chi connectivity index (χ1v) is 10.7. The molecule has 0 aliphatic carbocycles. The summed E-state index contributed by atoms with van der Waals surface area (Å²) in [5, 5.41) is 5.05. The molecule has 0 unspecified atom stereocenters. The molecule has 0 spiro atoms. The number of aromatic nitrogens is 2. The molecule has 0 amide bonds. The number of nitrogens with zero attached hydrogens (tertiary/aromatic N) is 2. The maximum atomic E-state index is 12.6. The second kappa shape index (κ2) is 9.42. The maximum absolute atomic E-state index is 12.6. The monoisotopic (exact) mass is 513 g/mol. The molecule has 0 saturated carbocycles. The van der Waals surface area contributed by atoms with Crippen LogP contribution in [0.25, 0.3) is 10.9 Å². The lowest BCUT2D eigenvalue weighted by Crippen LogP contribution is -2.32. The summed E-state index contributed by atoms with van der Waals surface area (Å²) in [6.45, 7) is 0.254. The van der Waals surface area contributed by atoms with E-state index in [2.05, 4.69) is 26.0 Å². The Hall–Kier alpha value is -3.36. The fraction of sp³-hybridized carbons (Fsp3) is 0.0870. The highest BCUT2D eigenvalue weighted by atomic mass is 79.9. The molecule has 162 valence electrons. The molecule has 0 saturated heterocycles. The first-order chi connectivity index (χ1) is 15.5. The lowest BCUT2D eigenvalue weighted by Gasteiger charge is -2.14. The summed E-state index contributed by atoms with van der Waals surface area (Å²) in [7, 11) is 1.52. The summed E-state index contributed by atoms with van der Waals surface area (Å²) >= 11 is 9.68. The molecular formula is C23H17BrClN3O4. The van der Waals surface area contributed by atoms with Crippen LogP contribution in [0.3, 0.4) is 0 Å². The Morgan fingerprint density at radius 2 is 1.88 bits per heavy atom. The van der Waals surface area contributed by atoms with Gasteiger partial charge < -0.3 is 14.5 Å². The Bertz CT molecular complexity index is 1450. The second-order valence-electron chi connectivity index (χ2n) is 6.75. The van der Waals surface area contributed by atoms with Crippen LogP contribution in [-0.2, 0) is 6.61 Å². The Morgan fingerprint density at radius 3 is 2.66 bits per heavy atom. The normalized spacial score (nSPS) is 11.2. The molecular weight excluding hydrogens is 498 g/mol. The molecule has 1 heterocycles. The number of rotatable bonds is 6. The first-order valence-electron chi connectivity index (χ1n) is 9.50. The van der Waals surface area contributed by atoms with E-state index in [1.807, 2.05) is 18.2 Å². The van der Waals surface area contributed by atoms with Gasteiger partial charge >= 0.3 is 5.69 Å². The van der Waals surface area contributed by atoms with Gasteiger partial charge in [0.05, 0.1) is 28.7 Å². The largest absolute Gasteiger partial charge is 0.493 e. The summed E-state index contributed by atoms with van der Waals surface area (Å²) in [5.41, 5.74) is 0.752. The van der Waals surface area contributed by atoms with E-state index in [-0.39, 0.29) is 6.61 Å². The van der Waals surface area contributed by atoms with Gasteiger partial charge in [-0.2, -0.15) is 5.10 Å². The summed E-state index contributed by atoms with van der Waals surface area (Å²) in [5.74, 6) is 0.943. The Kier molecular flexibility index (Phi) is 6.43. The van der Waals surface area contributed by atoms with Gasteiger partial charge in [-0.05, 0) is 51.8 Å². The zero-order valence-electron chi connectivity index (χ0n) is 16.8. The molecule has 0 atom stereocenters. The number of nitrogens with one attached hydrogen (secondary N) is 1. The third-order valence-electron chi connectivity index (χ3n) is 4.69. The fourth-order valence-corrected chi connectivity index (χ4v) is 3.87. The number of ether oxygens (including phenoxy) is 2. The minimum absolute atomic E-state index is 0.254. The van der Waals surface area contributed by atoms with Crippen molar-refractivity contribution in [3.8, 4) is 11.5 Å². The van der Waals surface area contributed by atoms with Gasteiger partial charge in [0.1, 0.15) is 6.61 Å². The number of para-hydroxylation sites is 1. The van der Waals surface area contributed by atoms with E-state index < -0.39 is 11.2 Å². The smallest absolute Gasteiger partial charge is 0.349 e. The second-order valence-corrected chi connectivity index (χ2v) is 8.01. The zero-order valence-corrected chi connectivity index (χ0v) is 19.2. The van der Waals surface area contributed by atoms with Crippen LogP contribution < -0.4 is 20.7 Å². The molecule has 7 nitrogen and oxygen atoms in total. The van der Waals surface area contributed by atoms with Gasteiger partial charge in [0.15, 0.2) is 11.5 Å².